The Labute approximate surface area is 205 Å². The van der Waals surface area contributed by atoms with E-state index in [2.05, 4.69) is 17.1 Å². The maximum absolute atomic E-state index is 13.6. The third-order valence-corrected chi connectivity index (χ3v) is 6.78. The molecule has 2 saturated heterocycles. The Morgan fingerprint density at radius 3 is 2.89 bits per heavy atom. The summed E-state index contributed by atoms with van der Waals surface area (Å²) in [6, 6.07) is 17.6. The molecule has 1 atom stereocenters. The first-order valence-electron chi connectivity index (χ1n) is 12.4. The summed E-state index contributed by atoms with van der Waals surface area (Å²) < 4.78 is 11.9. The van der Waals surface area contributed by atoms with Crippen LogP contribution in [0, 0.1) is 5.92 Å². The van der Waals surface area contributed by atoms with Gasteiger partial charge >= 0.3 is 0 Å². The largest absolute Gasteiger partial charge is 0.491 e. The highest BCUT2D eigenvalue weighted by atomic mass is 16.5. The maximum atomic E-state index is 13.6. The smallest absolute Gasteiger partial charge is 0.257 e. The second-order valence-corrected chi connectivity index (χ2v) is 9.21. The minimum absolute atomic E-state index is 0.0482. The van der Waals surface area contributed by atoms with Gasteiger partial charge in [-0.3, -0.25) is 14.6 Å². The molecule has 0 bridgehead atoms. The van der Waals surface area contributed by atoms with Gasteiger partial charge in [-0.15, -0.1) is 0 Å². The molecule has 0 saturated carbocycles. The van der Waals surface area contributed by atoms with Crippen LogP contribution in [0.25, 0.3) is 10.9 Å². The zero-order valence-electron chi connectivity index (χ0n) is 19.9. The molecule has 0 radical (unpaired) electrons. The number of carbonyl (C=O) groups excluding carboxylic acids is 2. The molecule has 2 aliphatic heterocycles. The summed E-state index contributed by atoms with van der Waals surface area (Å²) in [5, 5.41) is 1.15. The maximum Gasteiger partial charge on any atom is 0.257 e. The Balaban J connectivity index is 1.27. The highest BCUT2D eigenvalue weighted by Gasteiger charge is 2.26. The van der Waals surface area contributed by atoms with E-state index < -0.39 is 0 Å². The Morgan fingerprint density at radius 2 is 2.00 bits per heavy atom. The van der Waals surface area contributed by atoms with Gasteiger partial charge in [0.1, 0.15) is 12.4 Å². The summed E-state index contributed by atoms with van der Waals surface area (Å²) in [7, 11) is 0. The Bertz CT molecular complexity index is 1190. The van der Waals surface area contributed by atoms with Crippen molar-refractivity contribution in [2.75, 3.05) is 46.0 Å². The SMILES string of the molecule is O=C1CCCN1CCOc1ccccc1C(=O)N1CCOC[C@H](Cc2cccc3ncccc23)C1. The fraction of sp³-hybridized carbons (Fsp3) is 0.393. The normalized spacial score (nSPS) is 18.6. The lowest BCUT2D eigenvalue weighted by Crippen LogP contribution is -2.36. The van der Waals surface area contributed by atoms with E-state index in [9.17, 15) is 9.59 Å². The molecule has 7 heteroatoms. The first kappa shape index (κ1) is 23.3. The molecule has 1 aromatic heterocycles. The van der Waals surface area contributed by atoms with Crippen molar-refractivity contribution in [1.82, 2.24) is 14.8 Å². The van der Waals surface area contributed by atoms with E-state index in [0.29, 0.717) is 57.2 Å². The second kappa shape index (κ2) is 10.9. The van der Waals surface area contributed by atoms with Gasteiger partial charge < -0.3 is 19.3 Å². The molecule has 0 spiro atoms. The van der Waals surface area contributed by atoms with E-state index in [-0.39, 0.29) is 17.7 Å². The Hall–Kier alpha value is -3.45. The van der Waals surface area contributed by atoms with Crippen molar-refractivity contribution in [1.29, 1.82) is 0 Å². The molecule has 2 amide bonds. The van der Waals surface area contributed by atoms with Crippen LogP contribution in [0.2, 0.25) is 0 Å². The predicted octanol–water partition coefficient (Wildman–Crippen LogP) is 3.57. The number of benzene rings is 2. The van der Waals surface area contributed by atoms with Crippen molar-refractivity contribution in [3.05, 3.63) is 71.9 Å². The van der Waals surface area contributed by atoms with Gasteiger partial charge in [0, 0.05) is 43.6 Å². The quantitative estimate of drug-likeness (QED) is 0.525. The van der Waals surface area contributed by atoms with E-state index in [0.717, 1.165) is 30.3 Å². The Morgan fingerprint density at radius 1 is 1.09 bits per heavy atom. The third kappa shape index (κ3) is 5.46. The van der Waals surface area contributed by atoms with Gasteiger partial charge in [0.25, 0.3) is 5.91 Å². The zero-order chi connectivity index (χ0) is 24.0. The van der Waals surface area contributed by atoms with Crippen LogP contribution in [0.1, 0.15) is 28.8 Å². The molecule has 2 fully saturated rings. The average Bonchev–Trinajstić information content (AvgIpc) is 3.15. The van der Waals surface area contributed by atoms with Crippen molar-refractivity contribution in [2.45, 2.75) is 19.3 Å². The molecule has 2 aromatic carbocycles. The molecule has 3 aromatic rings. The summed E-state index contributed by atoms with van der Waals surface area (Å²) in [4.78, 5) is 33.6. The number of hydrogen-bond donors (Lipinski definition) is 0. The van der Waals surface area contributed by atoms with E-state index in [1.165, 1.54) is 5.56 Å². The number of likely N-dealkylation sites (tertiary alicyclic amines) is 1. The molecule has 3 heterocycles. The molecular formula is C28H31N3O4. The van der Waals surface area contributed by atoms with Gasteiger partial charge in [0.2, 0.25) is 5.91 Å². The Kier molecular flexibility index (Phi) is 7.23. The standard InChI is InChI=1S/C28H31N3O4/c32-27-11-5-13-30(27)15-17-35-26-10-2-1-7-24(26)28(33)31-14-16-34-20-21(19-31)18-22-6-3-9-25-23(22)8-4-12-29-25/h1-4,6-10,12,21H,5,11,13-20H2/t21-/m1/s1. The van der Waals surface area contributed by atoms with E-state index in [1.54, 1.807) is 0 Å². The minimum Gasteiger partial charge on any atom is -0.491 e. The number of para-hydroxylation sites is 1. The highest BCUT2D eigenvalue weighted by molar-refractivity contribution is 5.97. The first-order chi connectivity index (χ1) is 17.2. The van der Waals surface area contributed by atoms with E-state index in [4.69, 9.17) is 9.47 Å². The molecule has 0 N–H and O–H groups in total. The van der Waals surface area contributed by atoms with Crippen molar-refractivity contribution < 1.29 is 19.1 Å². The zero-order valence-corrected chi connectivity index (χ0v) is 19.9. The molecule has 0 unspecified atom stereocenters. The number of carbonyl (C=O) groups is 2. The molecule has 5 rings (SSSR count). The number of aromatic nitrogens is 1. The molecule has 7 nitrogen and oxygen atoms in total. The number of nitrogens with zero attached hydrogens (tertiary/aromatic N) is 3. The fourth-order valence-electron chi connectivity index (χ4n) is 4.99. The van der Waals surface area contributed by atoms with Crippen LogP contribution >= 0.6 is 0 Å². The summed E-state index contributed by atoms with van der Waals surface area (Å²) in [5.74, 6) is 0.871. The van der Waals surface area contributed by atoms with E-state index >= 15 is 0 Å². The lowest BCUT2D eigenvalue weighted by atomic mass is 9.96. The second-order valence-electron chi connectivity index (χ2n) is 9.21. The van der Waals surface area contributed by atoms with Crippen molar-refractivity contribution >= 4 is 22.7 Å². The van der Waals surface area contributed by atoms with Crippen LogP contribution in [-0.2, 0) is 16.0 Å². The van der Waals surface area contributed by atoms with Gasteiger partial charge in [-0.05, 0) is 42.7 Å². The number of fused-ring (bicyclic) bond motifs is 1. The highest BCUT2D eigenvalue weighted by Crippen LogP contribution is 2.24. The van der Waals surface area contributed by atoms with Crippen LogP contribution in [0.3, 0.4) is 0 Å². The van der Waals surface area contributed by atoms with Gasteiger partial charge in [-0.2, -0.15) is 0 Å². The van der Waals surface area contributed by atoms with E-state index in [1.807, 2.05) is 58.5 Å². The topological polar surface area (TPSA) is 72.0 Å². The minimum atomic E-state index is -0.0482. The monoisotopic (exact) mass is 473 g/mol. The molecular weight excluding hydrogens is 442 g/mol. The van der Waals surface area contributed by atoms with Crippen LogP contribution in [-0.4, -0.2) is 72.6 Å². The van der Waals surface area contributed by atoms with Crippen molar-refractivity contribution in [3.8, 4) is 5.75 Å². The number of pyridine rings is 1. The van der Waals surface area contributed by atoms with Crippen molar-refractivity contribution in [3.63, 3.8) is 0 Å². The average molecular weight is 474 g/mol. The summed E-state index contributed by atoms with van der Waals surface area (Å²) in [6.07, 6.45) is 4.14. The van der Waals surface area contributed by atoms with Crippen LogP contribution in [0.5, 0.6) is 5.75 Å². The number of rotatable bonds is 7. The van der Waals surface area contributed by atoms with Crippen LogP contribution < -0.4 is 4.74 Å². The van der Waals surface area contributed by atoms with Gasteiger partial charge in [0.05, 0.1) is 30.8 Å². The van der Waals surface area contributed by atoms with Gasteiger partial charge in [0.15, 0.2) is 0 Å². The van der Waals surface area contributed by atoms with Crippen LogP contribution in [0.4, 0.5) is 0 Å². The molecule has 182 valence electrons. The van der Waals surface area contributed by atoms with Gasteiger partial charge in [-0.25, -0.2) is 0 Å². The van der Waals surface area contributed by atoms with Crippen LogP contribution in [0.15, 0.2) is 60.8 Å². The predicted molar refractivity (Wildman–Crippen MR) is 133 cm³/mol. The van der Waals surface area contributed by atoms with Gasteiger partial charge in [-0.1, -0.05) is 30.3 Å². The first-order valence-corrected chi connectivity index (χ1v) is 12.4. The number of hydrogen-bond acceptors (Lipinski definition) is 5. The number of ether oxygens (including phenoxy) is 2. The van der Waals surface area contributed by atoms with Crippen molar-refractivity contribution in [2.24, 2.45) is 5.92 Å². The molecule has 35 heavy (non-hydrogen) atoms. The summed E-state index contributed by atoms with van der Waals surface area (Å²) in [5.41, 5.74) is 2.75. The lowest BCUT2D eigenvalue weighted by molar-refractivity contribution is -0.128. The fourth-order valence-corrected chi connectivity index (χ4v) is 4.99. The third-order valence-electron chi connectivity index (χ3n) is 6.78. The summed E-state index contributed by atoms with van der Waals surface area (Å²) in [6.45, 7) is 3.99. The molecule has 2 aliphatic rings. The summed E-state index contributed by atoms with van der Waals surface area (Å²) >= 11 is 0. The number of amides is 2. The molecule has 0 aliphatic carbocycles. The lowest BCUT2D eigenvalue weighted by Gasteiger charge is -2.25.